The lowest BCUT2D eigenvalue weighted by atomic mass is 9.95. The average Bonchev–Trinajstić information content (AvgIpc) is 3.28. The fourth-order valence-corrected chi connectivity index (χ4v) is 3.94. The van der Waals surface area contributed by atoms with Crippen molar-refractivity contribution >= 4 is 17.5 Å². The van der Waals surface area contributed by atoms with Crippen LogP contribution >= 0.6 is 11.6 Å². The third-order valence-corrected chi connectivity index (χ3v) is 5.29. The third kappa shape index (κ3) is 3.44. The summed E-state index contributed by atoms with van der Waals surface area (Å²) in [7, 11) is 0. The molecular weight excluding hydrogens is 402 g/mol. The van der Waals surface area contributed by atoms with Gasteiger partial charge in [-0.3, -0.25) is 9.89 Å². The minimum absolute atomic E-state index is 0.0436. The highest BCUT2D eigenvalue weighted by atomic mass is 35.5. The van der Waals surface area contributed by atoms with E-state index in [1.54, 1.807) is 23.1 Å². The van der Waals surface area contributed by atoms with Crippen LogP contribution in [0.4, 0.5) is 0 Å². The monoisotopic (exact) mass is 423 g/mol. The van der Waals surface area contributed by atoms with Crippen molar-refractivity contribution in [2.75, 3.05) is 13.2 Å². The number of benzene rings is 2. The Morgan fingerprint density at radius 1 is 1.33 bits per heavy atom. The van der Waals surface area contributed by atoms with Crippen molar-refractivity contribution in [2.45, 2.75) is 19.4 Å². The first kappa shape index (κ1) is 20.0. The third-order valence-electron chi connectivity index (χ3n) is 5.05. The second kappa shape index (κ2) is 8.24. The van der Waals surface area contributed by atoms with Crippen LogP contribution in [-0.4, -0.2) is 39.3 Å². The number of H-pyrrole nitrogens is 1. The fraction of sp³-hybridized carbons (Fsp3) is 0.217. The number of carbonyl (C=O) groups is 1. The van der Waals surface area contributed by atoms with Crippen molar-refractivity contribution in [2.24, 2.45) is 0 Å². The summed E-state index contributed by atoms with van der Waals surface area (Å²) in [6.45, 7) is 6.83. The minimum atomic E-state index is -0.400. The summed E-state index contributed by atoms with van der Waals surface area (Å²) in [5.41, 5.74) is 2.95. The minimum Gasteiger partial charge on any atom is -0.507 e. The number of phenolic OH excluding ortho intramolecular Hbond substituents is 1. The molecule has 0 bridgehead atoms. The number of aromatic nitrogens is 2. The second-order valence-electron chi connectivity index (χ2n) is 7.09. The van der Waals surface area contributed by atoms with E-state index in [2.05, 4.69) is 16.8 Å². The molecule has 0 spiro atoms. The van der Waals surface area contributed by atoms with Crippen LogP contribution in [0.3, 0.4) is 0 Å². The molecule has 6 nitrogen and oxygen atoms in total. The predicted molar refractivity (Wildman–Crippen MR) is 116 cm³/mol. The van der Waals surface area contributed by atoms with Crippen molar-refractivity contribution in [3.05, 3.63) is 77.0 Å². The lowest BCUT2D eigenvalue weighted by Crippen LogP contribution is -2.29. The molecule has 4 rings (SSSR count). The summed E-state index contributed by atoms with van der Waals surface area (Å²) < 4.78 is 5.79. The highest BCUT2D eigenvalue weighted by molar-refractivity contribution is 6.31. The Hall–Kier alpha value is -3.25. The summed E-state index contributed by atoms with van der Waals surface area (Å²) in [5, 5.41) is 18.1. The molecule has 1 aliphatic rings. The molecule has 1 aliphatic heterocycles. The Balaban J connectivity index is 1.87. The molecular formula is C23H22ClN3O3. The molecule has 0 radical (unpaired) electrons. The Morgan fingerprint density at radius 3 is 2.93 bits per heavy atom. The van der Waals surface area contributed by atoms with Gasteiger partial charge in [0.25, 0.3) is 5.91 Å². The first-order valence-electron chi connectivity index (χ1n) is 9.77. The molecule has 0 saturated heterocycles. The van der Waals surface area contributed by atoms with Crippen molar-refractivity contribution in [1.82, 2.24) is 15.1 Å². The molecule has 1 unspecified atom stereocenters. The Bertz CT molecular complexity index is 1110. The number of fused-ring (bicyclic) bond motifs is 1. The second-order valence-corrected chi connectivity index (χ2v) is 7.53. The standard InChI is InChI=1S/C23H22ClN3O3/c1-3-10-27-22(14-6-5-7-16(12-14)30-11-4-2)19-20(25-26-21(19)23(27)29)17-13-15(24)8-9-18(17)28/h3,5-9,12-13,22,28H,1,4,10-11H2,2H3,(H,25,26). The van der Waals surface area contributed by atoms with Crippen LogP contribution in [0.2, 0.25) is 5.02 Å². The smallest absolute Gasteiger partial charge is 0.273 e. The van der Waals surface area contributed by atoms with E-state index in [4.69, 9.17) is 16.3 Å². The van der Waals surface area contributed by atoms with E-state index in [1.807, 2.05) is 31.2 Å². The number of nitrogens with zero attached hydrogens (tertiary/aromatic N) is 2. The topological polar surface area (TPSA) is 78.5 Å². The molecule has 30 heavy (non-hydrogen) atoms. The van der Waals surface area contributed by atoms with Gasteiger partial charge in [0.2, 0.25) is 0 Å². The summed E-state index contributed by atoms with van der Waals surface area (Å²) in [6, 6.07) is 12.1. The zero-order valence-electron chi connectivity index (χ0n) is 16.6. The van der Waals surface area contributed by atoms with Gasteiger partial charge in [-0.25, -0.2) is 0 Å². The first-order valence-corrected chi connectivity index (χ1v) is 10.1. The van der Waals surface area contributed by atoms with E-state index < -0.39 is 6.04 Å². The van der Waals surface area contributed by atoms with Crippen molar-refractivity contribution in [3.8, 4) is 22.8 Å². The van der Waals surface area contributed by atoms with Gasteiger partial charge in [0, 0.05) is 22.7 Å². The van der Waals surface area contributed by atoms with Gasteiger partial charge in [0.1, 0.15) is 22.9 Å². The highest BCUT2D eigenvalue weighted by Crippen LogP contribution is 2.45. The van der Waals surface area contributed by atoms with E-state index >= 15 is 0 Å². The maximum Gasteiger partial charge on any atom is 0.273 e. The van der Waals surface area contributed by atoms with E-state index in [0.29, 0.717) is 40.7 Å². The van der Waals surface area contributed by atoms with Crippen LogP contribution < -0.4 is 4.74 Å². The molecule has 0 fully saturated rings. The summed E-state index contributed by atoms with van der Waals surface area (Å²) in [5.74, 6) is 0.613. The molecule has 1 atom stereocenters. The number of aromatic hydroxyl groups is 1. The maximum atomic E-state index is 13.1. The van der Waals surface area contributed by atoms with E-state index in [1.165, 1.54) is 6.07 Å². The highest BCUT2D eigenvalue weighted by Gasteiger charge is 2.42. The summed E-state index contributed by atoms with van der Waals surface area (Å²) >= 11 is 6.16. The van der Waals surface area contributed by atoms with E-state index in [9.17, 15) is 9.90 Å². The number of hydrogen-bond donors (Lipinski definition) is 2. The Kier molecular flexibility index (Phi) is 5.50. The molecule has 2 aromatic carbocycles. The molecule has 0 saturated carbocycles. The van der Waals surface area contributed by atoms with Crippen LogP contribution in [0.5, 0.6) is 11.5 Å². The van der Waals surface area contributed by atoms with Crippen LogP contribution in [0.1, 0.15) is 41.0 Å². The van der Waals surface area contributed by atoms with Crippen LogP contribution in [0.25, 0.3) is 11.3 Å². The molecule has 1 amide bonds. The zero-order valence-corrected chi connectivity index (χ0v) is 17.3. The van der Waals surface area contributed by atoms with E-state index in [0.717, 1.165) is 17.7 Å². The van der Waals surface area contributed by atoms with Crippen LogP contribution in [0.15, 0.2) is 55.1 Å². The summed E-state index contributed by atoms with van der Waals surface area (Å²) in [6.07, 6.45) is 2.59. The van der Waals surface area contributed by atoms with Gasteiger partial charge in [-0.2, -0.15) is 5.10 Å². The number of amides is 1. The summed E-state index contributed by atoms with van der Waals surface area (Å²) in [4.78, 5) is 14.8. The normalized spacial score (nSPS) is 15.3. The number of phenols is 1. The van der Waals surface area contributed by atoms with Gasteiger partial charge in [0.05, 0.1) is 12.6 Å². The van der Waals surface area contributed by atoms with Crippen molar-refractivity contribution in [3.63, 3.8) is 0 Å². The maximum absolute atomic E-state index is 13.1. The van der Waals surface area contributed by atoms with Gasteiger partial charge in [-0.15, -0.1) is 6.58 Å². The number of ether oxygens (including phenoxy) is 1. The van der Waals surface area contributed by atoms with Crippen LogP contribution in [0, 0.1) is 0 Å². The number of hydrogen-bond acceptors (Lipinski definition) is 4. The lowest BCUT2D eigenvalue weighted by Gasteiger charge is -2.25. The number of aromatic amines is 1. The van der Waals surface area contributed by atoms with Gasteiger partial charge >= 0.3 is 0 Å². The number of rotatable bonds is 7. The molecule has 0 aliphatic carbocycles. The largest absolute Gasteiger partial charge is 0.507 e. The molecule has 2 N–H and O–H groups in total. The van der Waals surface area contributed by atoms with Crippen LogP contribution in [-0.2, 0) is 0 Å². The fourth-order valence-electron chi connectivity index (χ4n) is 3.77. The molecule has 2 heterocycles. The first-order chi connectivity index (χ1) is 14.5. The van der Waals surface area contributed by atoms with Crippen molar-refractivity contribution < 1.29 is 14.6 Å². The number of carbonyl (C=O) groups excluding carboxylic acids is 1. The predicted octanol–water partition coefficient (Wildman–Crippen LogP) is 4.96. The van der Waals surface area contributed by atoms with Crippen molar-refractivity contribution in [1.29, 1.82) is 0 Å². The van der Waals surface area contributed by atoms with Gasteiger partial charge < -0.3 is 14.7 Å². The molecule has 7 heteroatoms. The molecule has 1 aromatic heterocycles. The molecule has 3 aromatic rings. The number of nitrogens with one attached hydrogen (secondary N) is 1. The zero-order chi connectivity index (χ0) is 21.3. The van der Waals surface area contributed by atoms with E-state index in [-0.39, 0.29) is 11.7 Å². The number of halogens is 1. The van der Waals surface area contributed by atoms with Gasteiger partial charge in [-0.05, 0) is 42.3 Å². The molecule has 154 valence electrons. The lowest BCUT2D eigenvalue weighted by molar-refractivity contribution is 0.0764. The Morgan fingerprint density at radius 2 is 2.17 bits per heavy atom. The quantitative estimate of drug-likeness (QED) is 0.527. The SMILES string of the molecule is C=CCN1C(=O)c2[nH]nc(-c3cc(Cl)ccc3O)c2C1c1cccc(OCCC)c1. The van der Waals surface area contributed by atoms with Gasteiger partial charge in [-0.1, -0.05) is 36.7 Å². The average molecular weight is 424 g/mol. The Labute approximate surface area is 179 Å². The van der Waals surface area contributed by atoms with Gasteiger partial charge in [0.15, 0.2) is 0 Å².